The smallest absolute Gasteiger partial charge is 0.255 e. The van der Waals surface area contributed by atoms with Crippen LogP contribution in [0.2, 0.25) is 0 Å². The molecule has 1 aliphatic heterocycles. The molecule has 2 N–H and O–H groups in total. The van der Waals surface area contributed by atoms with Crippen LogP contribution in [0.15, 0.2) is 18.2 Å². The first-order valence-corrected chi connectivity index (χ1v) is 6.12. The van der Waals surface area contributed by atoms with E-state index in [4.69, 9.17) is 0 Å². The van der Waals surface area contributed by atoms with Gasteiger partial charge in [-0.25, -0.2) is 4.39 Å². The first kappa shape index (κ1) is 13.3. The van der Waals surface area contributed by atoms with Crippen molar-refractivity contribution in [2.75, 3.05) is 19.6 Å². The number of carbonyl (C=O) groups excluding carboxylic acids is 2. The maximum atomic E-state index is 12.8. The fourth-order valence-corrected chi connectivity index (χ4v) is 2.03. The van der Waals surface area contributed by atoms with Gasteiger partial charge in [0.05, 0.1) is 12.1 Å². The van der Waals surface area contributed by atoms with E-state index in [-0.39, 0.29) is 18.0 Å². The van der Waals surface area contributed by atoms with Crippen LogP contribution in [0.5, 0.6) is 5.75 Å². The van der Waals surface area contributed by atoms with E-state index >= 15 is 0 Å². The van der Waals surface area contributed by atoms with Crippen molar-refractivity contribution in [3.63, 3.8) is 0 Å². The number of amides is 2. The molecule has 0 aromatic heterocycles. The van der Waals surface area contributed by atoms with E-state index in [1.165, 1.54) is 6.07 Å². The van der Waals surface area contributed by atoms with E-state index < -0.39 is 17.5 Å². The van der Waals surface area contributed by atoms with Crippen molar-refractivity contribution in [1.82, 2.24) is 10.2 Å². The summed E-state index contributed by atoms with van der Waals surface area (Å²) < 4.78 is 12.8. The second kappa shape index (κ2) is 5.69. The zero-order chi connectivity index (χ0) is 13.8. The molecular formula is C13H15FN2O3. The molecule has 6 heteroatoms. The number of nitrogens with one attached hydrogen (secondary N) is 1. The van der Waals surface area contributed by atoms with Gasteiger partial charge in [-0.2, -0.15) is 0 Å². The third-order valence-electron chi connectivity index (χ3n) is 3.06. The number of hydrogen-bond donors (Lipinski definition) is 2. The average molecular weight is 266 g/mol. The molecule has 0 unspecified atom stereocenters. The van der Waals surface area contributed by atoms with Crippen molar-refractivity contribution >= 4 is 11.8 Å². The fourth-order valence-electron chi connectivity index (χ4n) is 2.03. The summed E-state index contributed by atoms with van der Waals surface area (Å²) in [7, 11) is 0. The maximum Gasteiger partial charge on any atom is 0.255 e. The van der Waals surface area contributed by atoms with Crippen molar-refractivity contribution in [2.24, 2.45) is 0 Å². The number of rotatable bonds is 3. The normalized spacial score (nSPS) is 14.5. The summed E-state index contributed by atoms with van der Waals surface area (Å²) in [5.74, 6) is -1.80. The number of nitrogens with zero attached hydrogens (tertiary/aromatic N) is 1. The lowest BCUT2D eigenvalue weighted by molar-refractivity contribution is -0.129. The van der Waals surface area contributed by atoms with Crippen LogP contribution in [-0.4, -0.2) is 41.5 Å². The molecule has 19 heavy (non-hydrogen) atoms. The van der Waals surface area contributed by atoms with Gasteiger partial charge in [-0.3, -0.25) is 9.59 Å². The zero-order valence-corrected chi connectivity index (χ0v) is 10.4. The quantitative estimate of drug-likeness (QED) is 0.853. The molecule has 0 saturated carbocycles. The lowest BCUT2D eigenvalue weighted by atomic mass is 10.2. The Morgan fingerprint density at radius 3 is 2.63 bits per heavy atom. The minimum atomic E-state index is -0.623. The molecule has 0 aliphatic carbocycles. The van der Waals surface area contributed by atoms with E-state index in [2.05, 4.69) is 5.32 Å². The highest BCUT2D eigenvalue weighted by atomic mass is 19.1. The Balaban J connectivity index is 1.92. The van der Waals surface area contributed by atoms with Gasteiger partial charge in [0, 0.05) is 19.2 Å². The number of carbonyl (C=O) groups is 2. The van der Waals surface area contributed by atoms with Crippen LogP contribution >= 0.6 is 0 Å². The Morgan fingerprint density at radius 2 is 2.00 bits per heavy atom. The maximum absolute atomic E-state index is 12.8. The minimum absolute atomic E-state index is 0.0457. The second-order valence-electron chi connectivity index (χ2n) is 4.43. The summed E-state index contributed by atoms with van der Waals surface area (Å²) in [5, 5.41) is 11.9. The molecule has 1 saturated heterocycles. The van der Waals surface area contributed by atoms with Crippen LogP contribution < -0.4 is 5.32 Å². The highest BCUT2D eigenvalue weighted by Gasteiger charge is 2.19. The summed E-state index contributed by atoms with van der Waals surface area (Å²) in [5.41, 5.74) is -0.0457. The van der Waals surface area contributed by atoms with Crippen molar-refractivity contribution in [3.8, 4) is 5.75 Å². The molecule has 5 nitrogen and oxygen atoms in total. The summed E-state index contributed by atoms with van der Waals surface area (Å²) in [6.45, 7) is 1.32. The SMILES string of the molecule is O=C(NCC(=O)N1CCCC1)c1ccc(F)cc1O. The first-order valence-electron chi connectivity index (χ1n) is 6.12. The van der Waals surface area contributed by atoms with Crippen LogP contribution in [0.1, 0.15) is 23.2 Å². The summed E-state index contributed by atoms with van der Waals surface area (Å²) in [6.07, 6.45) is 1.97. The van der Waals surface area contributed by atoms with Crippen molar-refractivity contribution in [3.05, 3.63) is 29.6 Å². The molecule has 1 aromatic carbocycles. The van der Waals surface area contributed by atoms with Gasteiger partial charge in [0.15, 0.2) is 0 Å². The second-order valence-corrected chi connectivity index (χ2v) is 4.43. The molecule has 0 radical (unpaired) electrons. The van der Waals surface area contributed by atoms with Crippen LogP contribution in [-0.2, 0) is 4.79 Å². The van der Waals surface area contributed by atoms with E-state index in [1.54, 1.807) is 4.90 Å². The first-order chi connectivity index (χ1) is 9.08. The molecule has 0 bridgehead atoms. The molecule has 0 atom stereocenters. The Labute approximate surface area is 110 Å². The fraction of sp³-hybridized carbons (Fsp3) is 0.385. The monoisotopic (exact) mass is 266 g/mol. The van der Waals surface area contributed by atoms with Gasteiger partial charge in [0.2, 0.25) is 5.91 Å². The van der Waals surface area contributed by atoms with Crippen molar-refractivity contribution in [2.45, 2.75) is 12.8 Å². The summed E-state index contributed by atoms with van der Waals surface area (Å²) >= 11 is 0. The third-order valence-corrected chi connectivity index (χ3v) is 3.06. The van der Waals surface area contributed by atoms with Gasteiger partial charge in [-0.05, 0) is 25.0 Å². The van der Waals surface area contributed by atoms with Gasteiger partial charge >= 0.3 is 0 Å². The van der Waals surface area contributed by atoms with Gasteiger partial charge in [-0.15, -0.1) is 0 Å². The molecule has 1 aliphatic rings. The molecule has 0 spiro atoms. The number of aromatic hydroxyl groups is 1. The Bertz CT molecular complexity index is 499. The summed E-state index contributed by atoms with van der Waals surface area (Å²) in [6, 6.07) is 3.12. The van der Waals surface area contributed by atoms with Gasteiger partial charge in [-0.1, -0.05) is 0 Å². The zero-order valence-electron chi connectivity index (χ0n) is 10.4. The molecule has 2 rings (SSSR count). The van der Waals surface area contributed by atoms with Crippen LogP contribution in [0.4, 0.5) is 4.39 Å². The van der Waals surface area contributed by atoms with Crippen molar-refractivity contribution in [1.29, 1.82) is 0 Å². The molecule has 102 valence electrons. The predicted molar refractivity (Wildman–Crippen MR) is 66.2 cm³/mol. The summed E-state index contributed by atoms with van der Waals surface area (Å²) in [4.78, 5) is 25.1. The minimum Gasteiger partial charge on any atom is -0.507 e. The lowest BCUT2D eigenvalue weighted by Gasteiger charge is -2.15. The van der Waals surface area contributed by atoms with Gasteiger partial charge in [0.25, 0.3) is 5.91 Å². The highest BCUT2D eigenvalue weighted by Crippen LogP contribution is 2.17. The number of halogens is 1. The molecular weight excluding hydrogens is 251 g/mol. The van der Waals surface area contributed by atoms with Gasteiger partial charge < -0.3 is 15.3 Å². The molecule has 1 heterocycles. The Kier molecular flexibility index (Phi) is 3.99. The molecule has 2 amide bonds. The van der Waals surface area contributed by atoms with Gasteiger partial charge in [0.1, 0.15) is 11.6 Å². The van der Waals surface area contributed by atoms with E-state index in [1.807, 2.05) is 0 Å². The van der Waals surface area contributed by atoms with Crippen molar-refractivity contribution < 1.29 is 19.1 Å². The van der Waals surface area contributed by atoms with Crippen LogP contribution in [0, 0.1) is 5.82 Å². The Hall–Kier alpha value is -2.11. The lowest BCUT2D eigenvalue weighted by Crippen LogP contribution is -2.38. The van der Waals surface area contributed by atoms with E-state index in [9.17, 15) is 19.1 Å². The van der Waals surface area contributed by atoms with Crippen LogP contribution in [0.3, 0.4) is 0 Å². The largest absolute Gasteiger partial charge is 0.507 e. The molecule has 1 fully saturated rings. The average Bonchev–Trinajstić information content (AvgIpc) is 2.89. The highest BCUT2D eigenvalue weighted by molar-refractivity contribution is 5.98. The number of benzene rings is 1. The third kappa shape index (κ3) is 3.21. The van der Waals surface area contributed by atoms with Crippen LogP contribution in [0.25, 0.3) is 0 Å². The van der Waals surface area contributed by atoms with E-state index in [0.717, 1.165) is 38.1 Å². The molecule has 1 aromatic rings. The predicted octanol–water partition coefficient (Wildman–Crippen LogP) is 0.883. The number of phenols is 1. The Morgan fingerprint density at radius 1 is 1.32 bits per heavy atom. The number of phenolic OH excluding ortho intramolecular Hbond substituents is 1. The van der Waals surface area contributed by atoms with E-state index in [0.29, 0.717) is 0 Å². The number of hydrogen-bond acceptors (Lipinski definition) is 3. The standard InChI is InChI=1S/C13H15FN2O3/c14-9-3-4-10(11(17)7-9)13(19)15-8-12(18)16-5-1-2-6-16/h3-4,7,17H,1-2,5-6,8H2,(H,15,19). The number of likely N-dealkylation sites (tertiary alicyclic amines) is 1. The topological polar surface area (TPSA) is 69.6 Å².